The molecule has 0 bridgehead atoms. The van der Waals surface area contributed by atoms with Crippen LogP contribution in [0.1, 0.15) is 18.6 Å². The summed E-state index contributed by atoms with van der Waals surface area (Å²) in [5.74, 6) is -0.0972. The fourth-order valence-electron chi connectivity index (χ4n) is 2.45. The van der Waals surface area contributed by atoms with Crippen molar-refractivity contribution in [2.45, 2.75) is 13.0 Å². The molecule has 3 rings (SSSR count). The molecule has 2 unspecified atom stereocenters. The second kappa shape index (κ2) is 5.62. The minimum Gasteiger partial charge on any atom is -0.492 e. The van der Waals surface area contributed by atoms with Crippen LogP contribution in [0.5, 0.6) is 17.2 Å². The van der Waals surface area contributed by atoms with Crippen molar-refractivity contribution in [2.75, 3.05) is 13.9 Å². The van der Waals surface area contributed by atoms with Crippen LogP contribution in [0, 0.1) is 5.92 Å². The number of oxime groups is 1. The number of hydrogen-bond donors (Lipinski definition) is 1. The predicted molar refractivity (Wildman–Crippen MR) is 82.6 cm³/mol. The molecule has 1 aromatic rings. The second-order valence-electron chi connectivity index (χ2n) is 4.74. The monoisotopic (exact) mass is 435 g/mol. The highest BCUT2D eigenvalue weighted by Gasteiger charge is 2.41. The number of nitrogens with zero attached hydrogens (tertiary/aromatic N) is 1. The molecule has 0 aliphatic carbocycles. The molecule has 1 N–H and O–H groups in total. The van der Waals surface area contributed by atoms with Gasteiger partial charge in [-0.25, -0.2) is 4.79 Å². The summed E-state index contributed by atoms with van der Waals surface area (Å²) in [5, 5.41) is 12.8. The fraction of sp³-hybridized carbons (Fsp3) is 0.385. The van der Waals surface area contributed by atoms with Crippen molar-refractivity contribution >= 4 is 43.5 Å². The molecule has 0 fully saturated rings. The van der Waals surface area contributed by atoms with Gasteiger partial charge in [-0.2, -0.15) is 0 Å². The number of carboxylic acid groups (broad SMARTS) is 1. The molecule has 7 nitrogen and oxygen atoms in total. The molecule has 2 aliphatic heterocycles. The standard InChI is InChI=1S/C13H11Br2NO6/c1-4-8(13(17)18)16-22-9(4)5-6(14)10(19-2)12-11(7(5)15)20-3-21-12/h4,9H,3H2,1-2H3,(H,17,18). The van der Waals surface area contributed by atoms with E-state index in [1.807, 2.05) is 0 Å². The number of carbonyl (C=O) groups is 1. The molecule has 118 valence electrons. The summed E-state index contributed by atoms with van der Waals surface area (Å²) < 4.78 is 17.5. The van der Waals surface area contributed by atoms with Gasteiger partial charge >= 0.3 is 5.97 Å². The number of halogens is 2. The normalized spacial score (nSPS) is 22.3. The van der Waals surface area contributed by atoms with Gasteiger partial charge in [0.05, 0.1) is 22.0 Å². The molecule has 0 amide bonds. The lowest BCUT2D eigenvalue weighted by Crippen LogP contribution is -2.22. The van der Waals surface area contributed by atoms with E-state index in [0.717, 1.165) is 0 Å². The minimum atomic E-state index is -1.10. The van der Waals surface area contributed by atoms with Crippen LogP contribution < -0.4 is 14.2 Å². The topological polar surface area (TPSA) is 86.6 Å². The highest BCUT2D eigenvalue weighted by atomic mass is 79.9. The number of fused-ring (bicyclic) bond motifs is 1. The SMILES string of the molecule is COc1c(Br)c(C2ON=C(C(=O)O)C2C)c(Br)c2c1OCO2. The molecular formula is C13H11Br2NO6. The summed E-state index contributed by atoms with van der Waals surface area (Å²) in [6.45, 7) is 1.82. The Labute approximate surface area is 142 Å². The van der Waals surface area contributed by atoms with Crippen molar-refractivity contribution < 1.29 is 28.9 Å². The lowest BCUT2D eigenvalue weighted by Gasteiger charge is -2.20. The highest BCUT2D eigenvalue weighted by molar-refractivity contribution is 9.11. The summed E-state index contributed by atoms with van der Waals surface area (Å²) in [6, 6.07) is 0. The number of rotatable bonds is 3. The number of ether oxygens (including phenoxy) is 3. The molecule has 0 saturated carbocycles. The molecule has 0 radical (unpaired) electrons. The van der Waals surface area contributed by atoms with E-state index in [1.54, 1.807) is 6.92 Å². The molecule has 22 heavy (non-hydrogen) atoms. The third-order valence-corrected chi connectivity index (χ3v) is 5.12. The Balaban J connectivity index is 2.11. The van der Waals surface area contributed by atoms with Gasteiger partial charge in [0.2, 0.25) is 12.5 Å². The number of carboxylic acids is 1. The Bertz CT molecular complexity index is 690. The first kappa shape index (κ1) is 15.4. The fourth-order valence-corrected chi connectivity index (χ4v) is 4.20. The molecule has 2 heterocycles. The van der Waals surface area contributed by atoms with Crippen molar-refractivity contribution in [3.63, 3.8) is 0 Å². The zero-order chi connectivity index (χ0) is 16.0. The maximum Gasteiger partial charge on any atom is 0.354 e. The first-order valence-corrected chi connectivity index (χ1v) is 7.87. The summed E-state index contributed by atoms with van der Waals surface area (Å²) in [6.07, 6.45) is -0.585. The van der Waals surface area contributed by atoms with E-state index in [9.17, 15) is 4.79 Å². The van der Waals surface area contributed by atoms with Gasteiger partial charge in [0, 0.05) is 5.56 Å². The molecule has 9 heteroatoms. The molecule has 2 atom stereocenters. The van der Waals surface area contributed by atoms with E-state index in [2.05, 4.69) is 37.0 Å². The van der Waals surface area contributed by atoms with Gasteiger partial charge in [0.1, 0.15) is 0 Å². The number of benzene rings is 1. The van der Waals surface area contributed by atoms with Crippen LogP contribution in [0.25, 0.3) is 0 Å². The van der Waals surface area contributed by atoms with Gasteiger partial charge in [-0.05, 0) is 31.9 Å². The molecular weight excluding hydrogens is 426 g/mol. The van der Waals surface area contributed by atoms with E-state index in [0.29, 0.717) is 31.8 Å². The van der Waals surface area contributed by atoms with Crippen LogP contribution in [0.2, 0.25) is 0 Å². The predicted octanol–water partition coefficient (Wildman–Crippen LogP) is 3.10. The highest BCUT2D eigenvalue weighted by Crippen LogP contribution is 2.55. The van der Waals surface area contributed by atoms with Crippen molar-refractivity contribution in [2.24, 2.45) is 11.1 Å². The van der Waals surface area contributed by atoms with Crippen LogP contribution in [0.4, 0.5) is 0 Å². The minimum absolute atomic E-state index is 0.0274. The molecule has 0 saturated heterocycles. The lowest BCUT2D eigenvalue weighted by molar-refractivity contribution is -0.129. The van der Waals surface area contributed by atoms with Gasteiger partial charge in [0.15, 0.2) is 23.3 Å². The van der Waals surface area contributed by atoms with Gasteiger partial charge in [0.25, 0.3) is 0 Å². The lowest BCUT2D eigenvalue weighted by atomic mass is 9.93. The van der Waals surface area contributed by atoms with Gasteiger partial charge in [-0.3, -0.25) is 0 Å². The summed E-state index contributed by atoms with van der Waals surface area (Å²) >= 11 is 6.94. The third-order valence-electron chi connectivity index (χ3n) is 3.55. The summed E-state index contributed by atoms with van der Waals surface area (Å²) in [5.41, 5.74) is 0.633. The Morgan fingerprint density at radius 3 is 2.59 bits per heavy atom. The number of aliphatic carboxylic acids is 1. The van der Waals surface area contributed by atoms with Gasteiger partial charge < -0.3 is 24.2 Å². The van der Waals surface area contributed by atoms with E-state index in [4.69, 9.17) is 24.2 Å². The van der Waals surface area contributed by atoms with E-state index >= 15 is 0 Å². The maximum atomic E-state index is 11.2. The third kappa shape index (κ3) is 2.14. The largest absolute Gasteiger partial charge is 0.492 e. The summed E-state index contributed by atoms with van der Waals surface area (Å²) in [7, 11) is 1.51. The van der Waals surface area contributed by atoms with Crippen LogP contribution in [-0.2, 0) is 9.63 Å². The smallest absolute Gasteiger partial charge is 0.354 e. The summed E-state index contributed by atoms with van der Waals surface area (Å²) in [4.78, 5) is 16.5. The first-order chi connectivity index (χ1) is 10.5. The molecule has 0 spiro atoms. The molecule has 0 aromatic heterocycles. The van der Waals surface area contributed by atoms with Crippen LogP contribution in [-0.4, -0.2) is 30.7 Å². The van der Waals surface area contributed by atoms with Crippen molar-refractivity contribution in [1.82, 2.24) is 0 Å². The number of methoxy groups -OCH3 is 1. The van der Waals surface area contributed by atoms with Crippen LogP contribution in [0.15, 0.2) is 14.1 Å². The molecule has 1 aromatic carbocycles. The average Bonchev–Trinajstić information content (AvgIpc) is 3.07. The van der Waals surface area contributed by atoms with Gasteiger partial charge in [-0.1, -0.05) is 12.1 Å². The van der Waals surface area contributed by atoms with Crippen molar-refractivity contribution in [3.8, 4) is 17.2 Å². The quantitative estimate of drug-likeness (QED) is 0.783. The maximum absolute atomic E-state index is 11.2. The van der Waals surface area contributed by atoms with E-state index in [-0.39, 0.29) is 12.5 Å². The Kier molecular flexibility index (Phi) is 3.94. The molecule has 2 aliphatic rings. The second-order valence-corrected chi connectivity index (χ2v) is 6.32. The Morgan fingerprint density at radius 2 is 2.00 bits per heavy atom. The first-order valence-electron chi connectivity index (χ1n) is 6.28. The van der Waals surface area contributed by atoms with Crippen molar-refractivity contribution in [1.29, 1.82) is 0 Å². The Morgan fingerprint density at radius 1 is 1.32 bits per heavy atom. The Hall–Kier alpha value is -1.48. The van der Waals surface area contributed by atoms with Crippen molar-refractivity contribution in [3.05, 3.63) is 14.5 Å². The van der Waals surface area contributed by atoms with Crippen LogP contribution in [0.3, 0.4) is 0 Å². The zero-order valence-electron chi connectivity index (χ0n) is 11.6. The van der Waals surface area contributed by atoms with E-state index < -0.39 is 18.0 Å². The average molecular weight is 437 g/mol. The zero-order valence-corrected chi connectivity index (χ0v) is 14.7. The van der Waals surface area contributed by atoms with Gasteiger partial charge in [-0.15, -0.1) is 0 Å². The number of hydrogen-bond acceptors (Lipinski definition) is 6. The van der Waals surface area contributed by atoms with E-state index in [1.165, 1.54) is 7.11 Å². The van der Waals surface area contributed by atoms with Crippen LogP contribution >= 0.6 is 31.9 Å².